The molecule has 0 radical (unpaired) electrons. The minimum Gasteiger partial charge on any atom is -0.353 e. The SMILES string of the molecule is CS(=O)CCNc1nc(Cl)nc(N2CCCC2)n1. The van der Waals surface area contributed by atoms with Crippen LogP contribution < -0.4 is 10.2 Å². The van der Waals surface area contributed by atoms with E-state index < -0.39 is 10.8 Å². The van der Waals surface area contributed by atoms with Gasteiger partial charge in [0.1, 0.15) is 0 Å². The number of halogens is 1. The van der Waals surface area contributed by atoms with E-state index in [2.05, 4.69) is 25.2 Å². The van der Waals surface area contributed by atoms with Crippen LogP contribution >= 0.6 is 11.6 Å². The molecule has 1 fully saturated rings. The molecule has 1 aliphatic heterocycles. The molecule has 1 unspecified atom stereocenters. The van der Waals surface area contributed by atoms with Gasteiger partial charge in [-0.2, -0.15) is 15.0 Å². The number of aromatic nitrogens is 3. The second kappa shape index (κ2) is 6.29. The lowest BCUT2D eigenvalue weighted by atomic mass is 10.4. The van der Waals surface area contributed by atoms with Gasteiger partial charge in [-0.3, -0.25) is 4.21 Å². The second-order valence-corrected chi connectivity index (χ2v) is 6.02. The van der Waals surface area contributed by atoms with E-state index >= 15 is 0 Å². The number of nitrogens with one attached hydrogen (secondary N) is 1. The molecule has 2 heterocycles. The third-order valence-electron chi connectivity index (χ3n) is 2.66. The summed E-state index contributed by atoms with van der Waals surface area (Å²) in [5.74, 6) is 1.62. The maximum Gasteiger partial charge on any atom is 0.231 e. The largest absolute Gasteiger partial charge is 0.353 e. The van der Waals surface area contributed by atoms with E-state index in [1.807, 2.05) is 0 Å². The van der Waals surface area contributed by atoms with Crippen molar-refractivity contribution in [2.45, 2.75) is 12.8 Å². The Labute approximate surface area is 114 Å². The Balaban J connectivity index is 2.03. The third kappa shape index (κ3) is 3.78. The van der Waals surface area contributed by atoms with E-state index in [1.165, 1.54) is 0 Å². The lowest BCUT2D eigenvalue weighted by Gasteiger charge is -2.15. The summed E-state index contributed by atoms with van der Waals surface area (Å²) in [4.78, 5) is 14.6. The van der Waals surface area contributed by atoms with Crippen molar-refractivity contribution < 1.29 is 4.21 Å². The molecular formula is C10H16ClN5OS. The van der Waals surface area contributed by atoms with Gasteiger partial charge in [0, 0.05) is 42.4 Å². The van der Waals surface area contributed by atoms with Gasteiger partial charge < -0.3 is 10.2 Å². The number of rotatable bonds is 5. The predicted molar refractivity (Wildman–Crippen MR) is 73.7 cm³/mol. The van der Waals surface area contributed by atoms with Gasteiger partial charge in [0.05, 0.1) is 0 Å². The normalized spacial score (nSPS) is 16.9. The van der Waals surface area contributed by atoms with Crippen LogP contribution in [0.15, 0.2) is 0 Å². The van der Waals surface area contributed by atoms with E-state index in [0.29, 0.717) is 24.2 Å². The molecule has 0 amide bonds. The van der Waals surface area contributed by atoms with E-state index in [1.54, 1.807) is 6.26 Å². The van der Waals surface area contributed by atoms with Crippen LogP contribution in [0.3, 0.4) is 0 Å². The van der Waals surface area contributed by atoms with Crippen molar-refractivity contribution in [3.8, 4) is 0 Å². The first kappa shape index (κ1) is 13.5. The molecule has 0 aliphatic carbocycles. The number of hydrogen-bond donors (Lipinski definition) is 1. The smallest absolute Gasteiger partial charge is 0.231 e. The van der Waals surface area contributed by atoms with Gasteiger partial charge in [0.25, 0.3) is 0 Å². The monoisotopic (exact) mass is 289 g/mol. The Morgan fingerprint density at radius 3 is 2.72 bits per heavy atom. The van der Waals surface area contributed by atoms with Crippen molar-refractivity contribution in [3.63, 3.8) is 0 Å². The lowest BCUT2D eigenvalue weighted by Crippen LogP contribution is -2.22. The van der Waals surface area contributed by atoms with Crippen molar-refractivity contribution in [3.05, 3.63) is 5.28 Å². The first-order valence-electron chi connectivity index (χ1n) is 5.85. The van der Waals surface area contributed by atoms with Crippen molar-refractivity contribution in [1.29, 1.82) is 0 Å². The molecule has 0 saturated carbocycles. The van der Waals surface area contributed by atoms with Crippen LogP contribution in [0.4, 0.5) is 11.9 Å². The Hall–Kier alpha value is -0.950. The van der Waals surface area contributed by atoms with Crippen LogP contribution in [0.25, 0.3) is 0 Å². The van der Waals surface area contributed by atoms with Gasteiger partial charge in [-0.25, -0.2) is 0 Å². The molecule has 1 saturated heterocycles. The zero-order valence-corrected chi connectivity index (χ0v) is 11.8. The average Bonchev–Trinajstić information content (AvgIpc) is 2.81. The minimum atomic E-state index is -0.829. The quantitative estimate of drug-likeness (QED) is 0.869. The van der Waals surface area contributed by atoms with Crippen molar-refractivity contribution in [1.82, 2.24) is 15.0 Å². The van der Waals surface area contributed by atoms with Gasteiger partial charge in [-0.15, -0.1) is 0 Å². The summed E-state index contributed by atoms with van der Waals surface area (Å²) in [6.45, 7) is 2.47. The molecular weight excluding hydrogens is 274 g/mol. The van der Waals surface area contributed by atoms with Crippen LogP contribution in [-0.4, -0.2) is 50.8 Å². The van der Waals surface area contributed by atoms with Crippen molar-refractivity contribution in [2.75, 3.05) is 41.9 Å². The molecule has 0 bridgehead atoms. The Kier molecular flexibility index (Phi) is 4.71. The maximum atomic E-state index is 11.0. The first-order chi connectivity index (χ1) is 8.65. The molecule has 0 spiro atoms. The van der Waals surface area contributed by atoms with Crippen LogP contribution in [0.1, 0.15) is 12.8 Å². The summed E-state index contributed by atoms with van der Waals surface area (Å²) >= 11 is 5.88. The zero-order chi connectivity index (χ0) is 13.0. The van der Waals surface area contributed by atoms with E-state index in [0.717, 1.165) is 25.9 Å². The Morgan fingerprint density at radius 1 is 1.33 bits per heavy atom. The molecule has 6 nitrogen and oxygen atoms in total. The van der Waals surface area contributed by atoms with Gasteiger partial charge in [-0.05, 0) is 24.4 Å². The summed E-state index contributed by atoms with van der Waals surface area (Å²) in [7, 11) is -0.829. The molecule has 0 aromatic carbocycles. The highest BCUT2D eigenvalue weighted by molar-refractivity contribution is 7.84. The molecule has 8 heteroatoms. The highest BCUT2D eigenvalue weighted by Gasteiger charge is 2.16. The second-order valence-electron chi connectivity index (χ2n) is 4.13. The predicted octanol–water partition coefficient (Wildman–Crippen LogP) is 0.916. The fourth-order valence-corrected chi connectivity index (χ4v) is 2.33. The van der Waals surface area contributed by atoms with Crippen LogP contribution in [-0.2, 0) is 10.8 Å². The Bertz CT molecular complexity index is 438. The number of anilines is 2. The zero-order valence-electron chi connectivity index (χ0n) is 10.2. The highest BCUT2D eigenvalue weighted by Crippen LogP contribution is 2.18. The summed E-state index contributed by atoms with van der Waals surface area (Å²) in [5.41, 5.74) is 0. The standard InChI is InChI=1S/C10H16ClN5OS/c1-18(17)7-4-12-9-13-8(11)14-10(15-9)16-5-2-3-6-16/h2-7H2,1H3,(H,12,13,14,15). The molecule has 1 N–H and O–H groups in total. The summed E-state index contributed by atoms with van der Waals surface area (Å²) in [5, 5.41) is 3.20. The average molecular weight is 290 g/mol. The molecule has 1 aromatic rings. The number of hydrogen-bond acceptors (Lipinski definition) is 6. The van der Waals surface area contributed by atoms with Gasteiger partial charge in [0.2, 0.25) is 17.2 Å². The Morgan fingerprint density at radius 2 is 2.06 bits per heavy atom. The van der Waals surface area contributed by atoms with Crippen molar-refractivity contribution >= 4 is 34.3 Å². The fraction of sp³-hybridized carbons (Fsp3) is 0.700. The van der Waals surface area contributed by atoms with Gasteiger partial charge >= 0.3 is 0 Å². The van der Waals surface area contributed by atoms with Crippen LogP contribution in [0.5, 0.6) is 0 Å². The maximum absolute atomic E-state index is 11.0. The topological polar surface area (TPSA) is 71.0 Å². The molecule has 1 atom stereocenters. The van der Waals surface area contributed by atoms with Gasteiger partial charge in [0.15, 0.2) is 0 Å². The fourth-order valence-electron chi connectivity index (χ4n) is 1.78. The summed E-state index contributed by atoms with van der Waals surface area (Å²) in [6, 6.07) is 0. The highest BCUT2D eigenvalue weighted by atomic mass is 35.5. The van der Waals surface area contributed by atoms with E-state index in [9.17, 15) is 4.21 Å². The van der Waals surface area contributed by atoms with E-state index in [-0.39, 0.29) is 5.28 Å². The molecule has 2 rings (SSSR count). The van der Waals surface area contributed by atoms with Crippen LogP contribution in [0.2, 0.25) is 5.28 Å². The van der Waals surface area contributed by atoms with Gasteiger partial charge in [-0.1, -0.05) is 0 Å². The molecule has 100 valence electrons. The minimum absolute atomic E-state index is 0.187. The molecule has 1 aliphatic rings. The lowest BCUT2D eigenvalue weighted by molar-refractivity contribution is 0.687. The molecule has 1 aromatic heterocycles. The number of nitrogens with zero attached hydrogens (tertiary/aromatic N) is 4. The van der Waals surface area contributed by atoms with Crippen molar-refractivity contribution in [2.24, 2.45) is 0 Å². The summed E-state index contributed by atoms with van der Waals surface area (Å²) < 4.78 is 11.0. The summed E-state index contributed by atoms with van der Waals surface area (Å²) in [6.07, 6.45) is 3.97. The first-order valence-corrected chi connectivity index (χ1v) is 7.96. The third-order valence-corrected chi connectivity index (χ3v) is 3.61. The molecule has 18 heavy (non-hydrogen) atoms. The van der Waals surface area contributed by atoms with Crippen LogP contribution in [0, 0.1) is 0 Å². The van der Waals surface area contributed by atoms with E-state index in [4.69, 9.17) is 11.6 Å².